The van der Waals surface area contributed by atoms with Crippen LogP contribution in [0.1, 0.15) is 44.1 Å². The molecule has 0 aromatic heterocycles. The highest BCUT2D eigenvalue weighted by Crippen LogP contribution is 2.20. The molecular weight excluding hydrogens is 348 g/mol. The maximum Gasteiger partial charge on any atom is 0.160 e. The van der Waals surface area contributed by atoms with Crippen LogP contribution in [0.15, 0.2) is 28.7 Å². The maximum absolute atomic E-state index is 8.64. The van der Waals surface area contributed by atoms with E-state index in [-0.39, 0.29) is 19.2 Å². The van der Waals surface area contributed by atoms with Crippen LogP contribution < -0.4 is 0 Å². The number of aliphatic hydroxyl groups excluding tert-OH is 1. The predicted molar refractivity (Wildman–Crippen MR) is 88.3 cm³/mol. The third kappa shape index (κ3) is 6.75. The Labute approximate surface area is 140 Å². The summed E-state index contributed by atoms with van der Waals surface area (Å²) in [6.07, 6.45) is 6.83. The minimum Gasteiger partial charge on any atom is -0.392 e. The minimum atomic E-state index is -0.00292. The standard InChI is InChI=1S/C10H18O3.C7H7BrO/c1-3-7-11-9(5-1)13-10-6-2-4-8-12-10;8-7-3-1-2-6(4-7)5-9/h9-10H,1-8H2;1-4,9H,5H2. The van der Waals surface area contributed by atoms with E-state index in [0.717, 1.165) is 36.1 Å². The van der Waals surface area contributed by atoms with Gasteiger partial charge < -0.3 is 19.3 Å². The summed E-state index contributed by atoms with van der Waals surface area (Å²) in [5.74, 6) is 0. The van der Waals surface area contributed by atoms with Crippen molar-refractivity contribution in [3.63, 3.8) is 0 Å². The predicted octanol–water partition coefficient (Wildman–Crippen LogP) is 4.00. The Morgan fingerprint density at radius 3 is 2.09 bits per heavy atom. The van der Waals surface area contributed by atoms with E-state index < -0.39 is 0 Å². The van der Waals surface area contributed by atoms with Gasteiger partial charge in [-0.15, -0.1) is 0 Å². The van der Waals surface area contributed by atoms with Crippen LogP contribution in [0, 0.1) is 0 Å². The van der Waals surface area contributed by atoms with Crippen LogP contribution >= 0.6 is 15.9 Å². The topological polar surface area (TPSA) is 47.9 Å². The molecule has 4 nitrogen and oxygen atoms in total. The van der Waals surface area contributed by atoms with E-state index in [2.05, 4.69) is 15.9 Å². The van der Waals surface area contributed by atoms with Crippen LogP contribution in [-0.2, 0) is 20.8 Å². The highest BCUT2D eigenvalue weighted by atomic mass is 79.9. The van der Waals surface area contributed by atoms with Gasteiger partial charge in [-0.1, -0.05) is 28.1 Å². The number of aliphatic hydroxyl groups is 1. The normalized spacial score (nSPS) is 25.2. The third-order valence-electron chi connectivity index (χ3n) is 3.65. The van der Waals surface area contributed by atoms with Crippen LogP contribution in [0.5, 0.6) is 0 Å². The zero-order valence-electron chi connectivity index (χ0n) is 12.9. The molecule has 2 aliphatic heterocycles. The zero-order chi connectivity index (χ0) is 15.6. The van der Waals surface area contributed by atoms with Crippen molar-refractivity contribution in [1.82, 2.24) is 0 Å². The minimum absolute atomic E-state index is 0.00292. The van der Waals surface area contributed by atoms with Crippen molar-refractivity contribution < 1.29 is 19.3 Å². The monoisotopic (exact) mass is 372 g/mol. The molecule has 0 bridgehead atoms. The Hall–Kier alpha value is -0.460. The molecule has 2 saturated heterocycles. The summed E-state index contributed by atoms with van der Waals surface area (Å²) in [6, 6.07) is 7.60. The Balaban J connectivity index is 0.000000172. The van der Waals surface area contributed by atoms with Gasteiger partial charge in [-0.25, -0.2) is 0 Å². The van der Waals surface area contributed by atoms with Crippen molar-refractivity contribution in [3.8, 4) is 0 Å². The first-order chi connectivity index (χ1) is 10.8. The SMILES string of the molecule is C1CCC(OC2CCCCO2)OC1.OCc1cccc(Br)c1. The molecule has 0 spiro atoms. The van der Waals surface area contributed by atoms with Crippen LogP contribution in [0.2, 0.25) is 0 Å². The molecule has 22 heavy (non-hydrogen) atoms. The maximum atomic E-state index is 8.64. The Morgan fingerprint density at radius 2 is 1.68 bits per heavy atom. The van der Waals surface area contributed by atoms with Crippen LogP contribution in [-0.4, -0.2) is 30.9 Å². The summed E-state index contributed by atoms with van der Waals surface area (Å²) >= 11 is 3.29. The van der Waals surface area contributed by atoms with Gasteiger partial charge in [0.05, 0.1) is 6.61 Å². The van der Waals surface area contributed by atoms with Gasteiger partial charge in [0.2, 0.25) is 0 Å². The fourth-order valence-electron chi connectivity index (χ4n) is 2.44. The lowest BCUT2D eigenvalue weighted by Gasteiger charge is -2.29. The van der Waals surface area contributed by atoms with Gasteiger partial charge in [-0.3, -0.25) is 0 Å². The number of ether oxygens (including phenoxy) is 3. The van der Waals surface area contributed by atoms with Crippen molar-refractivity contribution in [2.24, 2.45) is 0 Å². The summed E-state index contributed by atoms with van der Waals surface area (Å²) < 4.78 is 17.7. The molecule has 3 rings (SSSR count). The van der Waals surface area contributed by atoms with Gasteiger partial charge in [0.25, 0.3) is 0 Å². The van der Waals surface area contributed by atoms with E-state index in [4.69, 9.17) is 19.3 Å². The molecule has 2 heterocycles. The molecule has 2 aliphatic rings. The van der Waals surface area contributed by atoms with Gasteiger partial charge >= 0.3 is 0 Å². The number of halogens is 1. The molecule has 2 fully saturated rings. The van der Waals surface area contributed by atoms with E-state index in [1.54, 1.807) is 0 Å². The average Bonchev–Trinajstić information content (AvgIpc) is 2.57. The fourth-order valence-corrected chi connectivity index (χ4v) is 2.89. The van der Waals surface area contributed by atoms with Crippen molar-refractivity contribution in [3.05, 3.63) is 34.3 Å². The molecule has 1 N–H and O–H groups in total. The first-order valence-corrected chi connectivity index (χ1v) is 8.81. The number of rotatable bonds is 3. The molecular formula is C17H25BrO4. The quantitative estimate of drug-likeness (QED) is 0.870. The molecule has 2 unspecified atom stereocenters. The molecule has 0 aliphatic carbocycles. The summed E-state index contributed by atoms with van der Waals surface area (Å²) in [5.41, 5.74) is 0.935. The first-order valence-electron chi connectivity index (χ1n) is 8.02. The number of hydrogen-bond acceptors (Lipinski definition) is 4. The second-order valence-electron chi connectivity index (χ2n) is 5.52. The van der Waals surface area contributed by atoms with Crippen LogP contribution in [0.3, 0.4) is 0 Å². The molecule has 0 amide bonds. The van der Waals surface area contributed by atoms with E-state index in [0.29, 0.717) is 0 Å². The lowest BCUT2D eigenvalue weighted by Crippen LogP contribution is -2.31. The van der Waals surface area contributed by atoms with Crippen molar-refractivity contribution in [2.45, 2.75) is 57.7 Å². The van der Waals surface area contributed by atoms with E-state index >= 15 is 0 Å². The Morgan fingerprint density at radius 1 is 1.05 bits per heavy atom. The Kier molecular flexibility index (Phi) is 8.41. The van der Waals surface area contributed by atoms with E-state index in [9.17, 15) is 0 Å². The van der Waals surface area contributed by atoms with Gasteiger partial charge in [0.1, 0.15) is 0 Å². The molecule has 0 radical (unpaired) electrons. The molecule has 2 atom stereocenters. The smallest absolute Gasteiger partial charge is 0.160 e. The summed E-state index contributed by atoms with van der Waals surface area (Å²) in [7, 11) is 0. The third-order valence-corrected chi connectivity index (χ3v) is 4.14. The Bertz CT molecular complexity index is 399. The zero-order valence-corrected chi connectivity index (χ0v) is 14.5. The van der Waals surface area contributed by atoms with Crippen LogP contribution in [0.4, 0.5) is 0 Å². The highest BCUT2D eigenvalue weighted by Gasteiger charge is 2.21. The second-order valence-corrected chi connectivity index (χ2v) is 6.43. The summed E-state index contributed by atoms with van der Waals surface area (Å²) in [5, 5.41) is 8.64. The van der Waals surface area contributed by atoms with Crippen molar-refractivity contribution >= 4 is 15.9 Å². The summed E-state index contributed by atoms with van der Waals surface area (Å²) in [4.78, 5) is 0. The lowest BCUT2D eigenvalue weighted by atomic mass is 10.2. The molecule has 124 valence electrons. The van der Waals surface area contributed by atoms with Crippen molar-refractivity contribution in [1.29, 1.82) is 0 Å². The fraction of sp³-hybridized carbons (Fsp3) is 0.647. The van der Waals surface area contributed by atoms with Gasteiger partial charge in [0, 0.05) is 17.7 Å². The highest BCUT2D eigenvalue weighted by molar-refractivity contribution is 9.10. The molecule has 0 saturated carbocycles. The first kappa shape index (κ1) is 17.9. The number of benzene rings is 1. The van der Waals surface area contributed by atoms with Gasteiger partial charge in [0.15, 0.2) is 12.6 Å². The number of hydrogen-bond donors (Lipinski definition) is 1. The van der Waals surface area contributed by atoms with Gasteiger partial charge in [-0.2, -0.15) is 0 Å². The van der Waals surface area contributed by atoms with Gasteiger partial charge in [-0.05, 0) is 56.2 Å². The average molecular weight is 373 g/mol. The largest absolute Gasteiger partial charge is 0.392 e. The van der Waals surface area contributed by atoms with E-state index in [1.165, 1.54) is 25.7 Å². The second kappa shape index (κ2) is 10.3. The van der Waals surface area contributed by atoms with E-state index in [1.807, 2.05) is 24.3 Å². The molecule has 1 aromatic rings. The van der Waals surface area contributed by atoms with Crippen LogP contribution in [0.25, 0.3) is 0 Å². The molecule has 5 heteroatoms. The molecule has 1 aromatic carbocycles. The lowest BCUT2D eigenvalue weighted by molar-refractivity contribution is -0.264. The summed E-state index contributed by atoms with van der Waals surface area (Å²) in [6.45, 7) is 1.80. The van der Waals surface area contributed by atoms with Crippen molar-refractivity contribution in [2.75, 3.05) is 13.2 Å².